The van der Waals surface area contributed by atoms with Crippen LogP contribution in [0.25, 0.3) is 0 Å². The predicted molar refractivity (Wildman–Crippen MR) is 57.7 cm³/mol. The quantitative estimate of drug-likeness (QED) is 0.800. The third-order valence-electron chi connectivity index (χ3n) is 2.04. The summed E-state index contributed by atoms with van der Waals surface area (Å²) in [6.45, 7) is 6.85. The lowest BCUT2D eigenvalue weighted by molar-refractivity contribution is 0.199. The topological polar surface area (TPSA) is 29.5 Å². The van der Waals surface area contributed by atoms with E-state index in [9.17, 15) is 0 Å². The monoisotopic (exact) mass is 194 g/mol. The molecule has 0 radical (unpaired) electrons. The Kier molecular flexibility index (Phi) is 3.53. The van der Waals surface area contributed by atoms with Crippen LogP contribution in [0.4, 0.5) is 0 Å². The highest BCUT2D eigenvalue weighted by molar-refractivity contribution is 5.38. The van der Waals surface area contributed by atoms with Gasteiger partial charge in [-0.2, -0.15) is 0 Å². The van der Waals surface area contributed by atoms with Crippen molar-refractivity contribution in [1.29, 1.82) is 0 Å². The van der Waals surface area contributed by atoms with Crippen LogP contribution in [0.2, 0.25) is 0 Å². The zero-order chi connectivity index (χ0) is 10.6. The number of aliphatic hydroxyl groups is 1. The van der Waals surface area contributed by atoms with Crippen LogP contribution in [0.15, 0.2) is 24.3 Å². The van der Waals surface area contributed by atoms with Crippen molar-refractivity contribution in [3.8, 4) is 5.75 Å². The fourth-order valence-electron chi connectivity index (χ4n) is 1.37. The Morgan fingerprint density at radius 2 is 1.86 bits per heavy atom. The molecule has 0 aliphatic rings. The number of para-hydroxylation sites is 1. The van der Waals surface area contributed by atoms with Gasteiger partial charge in [-0.1, -0.05) is 39.0 Å². The molecule has 1 rings (SSSR count). The van der Waals surface area contributed by atoms with Crippen LogP contribution >= 0.6 is 0 Å². The van der Waals surface area contributed by atoms with E-state index >= 15 is 0 Å². The van der Waals surface area contributed by atoms with E-state index < -0.39 is 0 Å². The molecule has 0 saturated carbocycles. The van der Waals surface area contributed by atoms with Gasteiger partial charge in [0, 0.05) is 0 Å². The molecule has 2 nitrogen and oxygen atoms in total. The van der Waals surface area contributed by atoms with Gasteiger partial charge in [0.25, 0.3) is 0 Å². The average Bonchev–Trinajstić information content (AvgIpc) is 2.14. The first-order chi connectivity index (χ1) is 6.55. The molecule has 1 aromatic rings. The molecule has 1 N–H and O–H groups in total. The van der Waals surface area contributed by atoms with Crippen LogP contribution in [0.1, 0.15) is 26.3 Å². The second kappa shape index (κ2) is 4.47. The summed E-state index contributed by atoms with van der Waals surface area (Å²) in [4.78, 5) is 0. The Morgan fingerprint density at radius 3 is 2.43 bits per heavy atom. The van der Waals surface area contributed by atoms with Crippen LogP contribution < -0.4 is 4.74 Å². The minimum Gasteiger partial charge on any atom is -0.491 e. The fourth-order valence-corrected chi connectivity index (χ4v) is 1.37. The van der Waals surface area contributed by atoms with Gasteiger partial charge in [-0.15, -0.1) is 0 Å². The lowest BCUT2D eigenvalue weighted by atomic mass is 9.86. The van der Waals surface area contributed by atoms with E-state index in [2.05, 4.69) is 26.8 Å². The first-order valence-electron chi connectivity index (χ1n) is 4.89. The molecule has 0 aliphatic heterocycles. The number of hydrogen-bond donors (Lipinski definition) is 1. The zero-order valence-corrected chi connectivity index (χ0v) is 9.08. The maximum absolute atomic E-state index is 8.70. The number of hydrogen-bond acceptors (Lipinski definition) is 2. The largest absolute Gasteiger partial charge is 0.491 e. The molecule has 0 amide bonds. The summed E-state index contributed by atoms with van der Waals surface area (Å²) in [7, 11) is 0. The minimum atomic E-state index is 0.0540. The first-order valence-corrected chi connectivity index (χ1v) is 4.89. The SMILES string of the molecule is CC(C)(C)c1ccccc1OCCO. The van der Waals surface area contributed by atoms with Gasteiger partial charge in [-0.05, 0) is 17.0 Å². The molecule has 2 heteroatoms. The summed E-state index contributed by atoms with van der Waals surface area (Å²) in [5.41, 5.74) is 1.25. The van der Waals surface area contributed by atoms with Crippen LogP contribution in [0, 0.1) is 0 Å². The molecule has 1 aromatic carbocycles. The number of rotatable bonds is 3. The Balaban J connectivity index is 2.92. The van der Waals surface area contributed by atoms with Crippen molar-refractivity contribution in [2.45, 2.75) is 26.2 Å². The second-order valence-corrected chi connectivity index (χ2v) is 4.32. The molecule has 0 aromatic heterocycles. The molecule has 0 saturated heterocycles. The number of ether oxygens (including phenoxy) is 1. The van der Waals surface area contributed by atoms with Gasteiger partial charge in [0.2, 0.25) is 0 Å². The van der Waals surface area contributed by atoms with Gasteiger partial charge in [-0.3, -0.25) is 0 Å². The van der Waals surface area contributed by atoms with Gasteiger partial charge in [0.05, 0.1) is 6.61 Å². The summed E-state index contributed by atoms with van der Waals surface area (Å²) < 4.78 is 5.46. The maximum Gasteiger partial charge on any atom is 0.123 e. The summed E-state index contributed by atoms with van der Waals surface area (Å²) in [6.07, 6.45) is 0. The van der Waals surface area contributed by atoms with Gasteiger partial charge < -0.3 is 9.84 Å². The van der Waals surface area contributed by atoms with Crippen molar-refractivity contribution < 1.29 is 9.84 Å². The van der Waals surface area contributed by atoms with Crippen molar-refractivity contribution in [3.63, 3.8) is 0 Å². The molecule has 0 aliphatic carbocycles. The molecule has 0 atom stereocenters. The zero-order valence-electron chi connectivity index (χ0n) is 9.08. The summed E-state index contributed by atoms with van der Waals surface area (Å²) >= 11 is 0. The second-order valence-electron chi connectivity index (χ2n) is 4.32. The van der Waals surface area contributed by atoms with Crippen molar-refractivity contribution in [3.05, 3.63) is 29.8 Å². The van der Waals surface area contributed by atoms with Crippen molar-refractivity contribution in [2.75, 3.05) is 13.2 Å². The molecule has 0 fully saturated rings. The molecular formula is C12H18O2. The van der Waals surface area contributed by atoms with Crippen molar-refractivity contribution >= 4 is 0 Å². The molecule has 14 heavy (non-hydrogen) atoms. The number of benzene rings is 1. The lowest BCUT2D eigenvalue weighted by Crippen LogP contribution is -2.14. The van der Waals surface area contributed by atoms with Gasteiger partial charge in [-0.25, -0.2) is 0 Å². The summed E-state index contributed by atoms with van der Waals surface area (Å²) in [6, 6.07) is 7.96. The van der Waals surface area contributed by atoms with Gasteiger partial charge >= 0.3 is 0 Å². The highest BCUT2D eigenvalue weighted by Crippen LogP contribution is 2.30. The van der Waals surface area contributed by atoms with Crippen molar-refractivity contribution in [2.24, 2.45) is 0 Å². The van der Waals surface area contributed by atoms with E-state index in [0.717, 1.165) is 5.75 Å². The third-order valence-corrected chi connectivity index (χ3v) is 2.04. The average molecular weight is 194 g/mol. The van der Waals surface area contributed by atoms with Crippen LogP contribution in [-0.2, 0) is 5.41 Å². The third kappa shape index (κ3) is 2.74. The predicted octanol–water partition coefficient (Wildman–Crippen LogP) is 2.36. The smallest absolute Gasteiger partial charge is 0.123 e. The van der Waals surface area contributed by atoms with E-state index in [1.54, 1.807) is 0 Å². The summed E-state index contributed by atoms with van der Waals surface area (Å²) in [5.74, 6) is 0.869. The Hall–Kier alpha value is -1.02. The molecule has 0 bridgehead atoms. The molecule has 78 valence electrons. The Morgan fingerprint density at radius 1 is 1.21 bits per heavy atom. The Labute approximate surface area is 85.5 Å². The number of aliphatic hydroxyl groups excluding tert-OH is 1. The molecular weight excluding hydrogens is 176 g/mol. The first kappa shape index (κ1) is 11.1. The fraction of sp³-hybridized carbons (Fsp3) is 0.500. The van der Waals surface area contributed by atoms with Gasteiger partial charge in [0.15, 0.2) is 0 Å². The van der Waals surface area contributed by atoms with Crippen LogP contribution in [-0.4, -0.2) is 18.3 Å². The molecule has 0 spiro atoms. The minimum absolute atomic E-state index is 0.0540. The molecule has 0 heterocycles. The van der Waals surface area contributed by atoms with Gasteiger partial charge in [0.1, 0.15) is 12.4 Å². The van der Waals surface area contributed by atoms with Crippen LogP contribution in [0.5, 0.6) is 5.75 Å². The van der Waals surface area contributed by atoms with E-state index in [1.807, 2.05) is 18.2 Å². The Bertz CT molecular complexity index is 287. The van der Waals surface area contributed by atoms with E-state index in [4.69, 9.17) is 9.84 Å². The highest BCUT2D eigenvalue weighted by Gasteiger charge is 2.17. The van der Waals surface area contributed by atoms with Crippen LogP contribution in [0.3, 0.4) is 0 Å². The van der Waals surface area contributed by atoms with Crippen molar-refractivity contribution in [1.82, 2.24) is 0 Å². The molecule has 0 unspecified atom stereocenters. The normalized spacial score (nSPS) is 11.4. The van der Waals surface area contributed by atoms with E-state index in [-0.39, 0.29) is 12.0 Å². The maximum atomic E-state index is 8.70. The highest BCUT2D eigenvalue weighted by atomic mass is 16.5. The van der Waals surface area contributed by atoms with E-state index in [1.165, 1.54) is 5.56 Å². The van der Waals surface area contributed by atoms with E-state index in [0.29, 0.717) is 6.61 Å². The standard InChI is InChI=1S/C12H18O2/c1-12(2,3)10-6-4-5-7-11(10)14-9-8-13/h4-7,13H,8-9H2,1-3H3. The lowest BCUT2D eigenvalue weighted by Gasteiger charge is -2.22. The summed E-state index contributed by atoms with van der Waals surface area (Å²) in [5, 5.41) is 8.70.